The molecule has 7 nitrogen and oxygen atoms in total. The summed E-state index contributed by atoms with van der Waals surface area (Å²) in [4.78, 5) is 33.6. The Labute approximate surface area is 142 Å². The number of carbonyl (C=O) groups excluding carboxylic acids is 2. The zero-order valence-corrected chi connectivity index (χ0v) is 13.9. The number of carboxylic acid groups (broad SMARTS) is 1. The van der Waals surface area contributed by atoms with E-state index >= 15 is 0 Å². The Morgan fingerprint density at radius 2 is 1.83 bits per heavy atom. The lowest BCUT2D eigenvalue weighted by Crippen LogP contribution is -2.25. The van der Waals surface area contributed by atoms with Crippen molar-refractivity contribution in [3.8, 4) is 0 Å². The monoisotopic (exact) mass is 342 g/mol. The second kappa shape index (κ2) is 11.6. The van der Waals surface area contributed by atoms with Crippen molar-refractivity contribution in [3.63, 3.8) is 0 Å². The van der Waals surface area contributed by atoms with E-state index in [-0.39, 0.29) is 31.7 Å². The molecule has 7 heteroatoms. The third kappa shape index (κ3) is 9.99. The molecular formula is C17H26O7. The molecule has 2 atom stereocenters. The van der Waals surface area contributed by atoms with Crippen LogP contribution in [-0.4, -0.2) is 48.9 Å². The van der Waals surface area contributed by atoms with E-state index in [0.29, 0.717) is 19.4 Å². The number of hydrogen-bond donors (Lipinski definition) is 1. The van der Waals surface area contributed by atoms with Crippen LogP contribution < -0.4 is 0 Å². The number of aliphatic carboxylic acids is 1. The fourth-order valence-corrected chi connectivity index (χ4v) is 2.17. The lowest BCUT2D eigenvalue weighted by atomic mass is 10.0. The molecule has 1 heterocycles. The van der Waals surface area contributed by atoms with E-state index in [1.165, 1.54) is 0 Å². The summed E-state index contributed by atoms with van der Waals surface area (Å²) in [6.45, 7) is 4.15. The van der Waals surface area contributed by atoms with E-state index in [1.54, 1.807) is 0 Å². The van der Waals surface area contributed by atoms with Crippen molar-refractivity contribution in [1.82, 2.24) is 0 Å². The fourth-order valence-electron chi connectivity index (χ4n) is 2.17. The molecule has 1 saturated heterocycles. The van der Waals surface area contributed by atoms with Gasteiger partial charge in [-0.3, -0.25) is 9.59 Å². The van der Waals surface area contributed by atoms with E-state index < -0.39 is 17.9 Å². The van der Waals surface area contributed by atoms with Gasteiger partial charge in [-0.15, -0.1) is 0 Å². The molecule has 0 bridgehead atoms. The Bertz CT molecular complexity index is 429. The summed E-state index contributed by atoms with van der Waals surface area (Å²) in [7, 11) is 0. The number of unbranched alkanes of at least 4 members (excludes halogenated alkanes) is 4. The number of carbonyl (C=O) groups is 3. The molecule has 0 radical (unpaired) electrons. The molecule has 1 rings (SSSR count). The molecular weight excluding hydrogens is 316 g/mol. The molecule has 0 saturated carbocycles. The minimum absolute atomic E-state index is 0.000407. The van der Waals surface area contributed by atoms with Crippen LogP contribution in [0.4, 0.5) is 0 Å². The molecule has 1 aliphatic heterocycles. The van der Waals surface area contributed by atoms with Gasteiger partial charge in [0, 0.05) is 12.5 Å². The van der Waals surface area contributed by atoms with Crippen molar-refractivity contribution >= 4 is 17.9 Å². The Morgan fingerprint density at radius 1 is 1.17 bits per heavy atom. The van der Waals surface area contributed by atoms with Crippen LogP contribution in [0.3, 0.4) is 0 Å². The number of epoxide rings is 1. The highest BCUT2D eigenvalue weighted by Crippen LogP contribution is 2.16. The summed E-state index contributed by atoms with van der Waals surface area (Å²) in [6, 6.07) is 0. The number of esters is 2. The van der Waals surface area contributed by atoms with E-state index in [9.17, 15) is 14.4 Å². The van der Waals surface area contributed by atoms with Crippen LogP contribution in [0.25, 0.3) is 0 Å². The second-order valence-electron chi connectivity index (χ2n) is 5.82. The maximum Gasteiger partial charge on any atom is 0.330 e. The van der Waals surface area contributed by atoms with Crippen LogP contribution in [0.15, 0.2) is 12.7 Å². The number of ether oxygens (including phenoxy) is 3. The summed E-state index contributed by atoms with van der Waals surface area (Å²) in [6.07, 6.45) is 5.93. The Hall–Kier alpha value is -1.89. The Morgan fingerprint density at radius 3 is 2.46 bits per heavy atom. The predicted octanol–water partition coefficient (Wildman–Crippen LogP) is 2.09. The van der Waals surface area contributed by atoms with Crippen LogP contribution in [0.2, 0.25) is 0 Å². The summed E-state index contributed by atoms with van der Waals surface area (Å²) in [5.74, 6) is -2.21. The molecule has 2 unspecified atom stereocenters. The van der Waals surface area contributed by atoms with E-state index in [2.05, 4.69) is 6.58 Å². The summed E-state index contributed by atoms with van der Waals surface area (Å²) >= 11 is 0. The molecule has 24 heavy (non-hydrogen) atoms. The molecule has 136 valence electrons. The molecule has 0 aromatic rings. The van der Waals surface area contributed by atoms with E-state index in [1.807, 2.05) is 0 Å². The summed E-state index contributed by atoms with van der Waals surface area (Å²) in [5, 5.41) is 8.56. The van der Waals surface area contributed by atoms with Crippen molar-refractivity contribution < 1.29 is 33.7 Å². The highest BCUT2D eigenvalue weighted by Gasteiger charge is 2.27. The van der Waals surface area contributed by atoms with Gasteiger partial charge < -0.3 is 19.3 Å². The van der Waals surface area contributed by atoms with Gasteiger partial charge in [-0.1, -0.05) is 32.3 Å². The van der Waals surface area contributed by atoms with Crippen LogP contribution >= 0.6 is 0 Å². The van der Waals surface area contributed by atoms with Crippen molar-refractivity contribution in [2.75, 3.05) is 19.8 Å². The second-order valence-corrected chi connectivity index (χ2v) is 5.82. The van der Waals surface area contributed by atoms with Gasteiger partial charge >= 0.3 is 17.9 Å². The van der Waals surface area contributed by atoms with E-state index in [0.717, 1.165) is 31.8 Å². The number of carboxylic acids is 1. The Balaban J connectivity index is 2.23. The lowest BCUT2D eigenvalue weighted by Gasteiger charge is -2.15. The molecule has 1 N–H and O–H groups in total. The molecule has 0 amide bonds. The van der Waals surface area contributed by atoms with Gasteiger partial charge in [0.05, 0.1) is 12.5 Å². The van der Waals surface area contributed by atoms with Gasteiger partial charge in [0.1, 0.15) is 19.3 Å². The van der Waals surface area contributed by atoms with Gasteiger partial charge in [0.25, 0.3) is 0 Å². The summed E-state index contributed by atoms with van der Waals surface area (Å²) in [5.41, 5.74) is 0. The predicted molar refractivity (Wildman–Crippen MR) is 85.3 cm³/mol. The molecule has 0 aliphatic carbocycles. The molecule has 0 aromatic carbocycles. The van der Waals surface area contributed by atoms with Gasteiger partial charge in [0.15, 0.2) is 0 Å². The Kier molecular flexibility index (Phi) is 9.76. The molecule has 1 aliphatic rings. The average molecular weight is 342 g/mol. The standard InChI is InChI=1S/C17H26O7/c1-2-16(20)23-10-13(17(21)24-12-14-11-22-14)8-6-4-3-5-7-9-15(18)19/h2,13-14H,1,3-12H2,(H,18,19). The maximum atomic E-state index is 12.1. The molecule has 0 aromatic heterocycles. The first-order valence-electron chi connectivity index (χ1n) is 8.32. The van der Waals surface area contributed by atoms with Crippen molar-refractivity contribution in [2.45, 2.75) is 51.0 Å². The zero-order valence-electron chi connectivity index (χ0n) is 13.9. The summed E-state index contributed by atoms with van der Waals surface area (Å²) < 4.78 is 15.1. The van der Waals surface area contributed by atoms with Crippen LogP contribution in [0, 0.1) is 5.92 Å². The van der Waals surface area contributed by atoms with Crippen molar-refractivity contribution in [2.24, 2.45) is 5.92 Å². The van der Waals surface area contributed by atoms with Gasteiger partial charge in [-0.2, -0.15) is 0 Å². The quantitative estimate of drug-likeness (QED) is 0.223. The third-order valence-electron chi connectivity index (χ3n) is 3.68. The normalized spacial score (nSPS) is 16.9. The molecule has 1 fully saturated rings. The maximum absolute atomic E-state index is 12.1. The minimum Gasteiger partial charge on any atom is -0.481 e. The third-order valence-corrected chi connectivity index (χ3v) is 3.68. The van der Waals surface area contributed by atoms with Crippen LogP contribution in [-0.2, 0) is 28.6 Å². The topological polar surface area (TPSA) is 102 Å². The fraction of sp³-hybridized carbons (Fsp3) is 0.706. The first-order chi connectivity index (χ1) is 11.5. The van der Waals surface area contributed by atoms with Crippen LogP contribution in [0.5, 0.6) is 0 Å². The zero-order chi connectivity index (χ0) is 17.8. The van der Waals surface area contributed by atoms with Crippen molar-refractivity contribution in [1.29, 1.82) is 0 Å². The number of hydrogen-bond acceptors (Lipinski definition) is 6. The lowest BCUT2D eigenvalue weighted by molar-refractivity contribution is -0.154. The van der Waals surface area contributed by atoms with Gasteiger partial charge in [-0.05, 0) is 12.8 Å². The SMILES string of the molecule is C=CC(=O)OCC(CCCCCCCC(=O)O)C(=O)OCC1CO1. The van der Waals surface area contributed by atoms with Gasteiger partial charge in [0.2, 0.25) is 0 Å². The van der Waals surface area contributed by atoms with Gasteiger partial charge in [-0.25, -0.2) is 4.79 Å². The largest absolute Gasteiger partial charge is 0.481 e. The molecule has 0 spiro atoms. The van der Waals surface area contributed by atoms with E-state index in [4.69, 9.17) is 19.3 Å². The first-order valence-corrected chi connectivity index (χ1v) is 8.32. The first kappa shape index (κ1) is 20.2. The highest BCUT2D eigenvalue weighted by atomic mass is 16.6. The smallest absolute Gasteiger partial charge is 0.330 e. The van der Waals surface area contributed by atoms with Crippen LogP contribution in [0.1, 0.15) is 44.9 Å². The number of rotatable bonds is 14. The van der Waals surface area contributed by atoms with Crippen molar-refractivity contribution in [3.05, 3.63) is 12.7 Å². The minimum atomic E-state index is -0.776. The highest BCUT2D eigenvalue weighted by molar-refractivity contribution is 5.81. The average Bonchev–Trinajstić information content (AvgIpc) is 3.38.